The number of likely N-dealkylation sites (tertiary alicyclic amines) is 1. The maximum Gasteiger partial charge on any atom is 0.246 e. The molecule has 7 nitrogen and oxygen atoms in total. The van der Waals surface area contributed by atoms with Crippen molar-refractivity contribution in [3.05, 3.63) is 48.9 Å². The first kappa shape index (κ1) is 19.6. The highest BCUT2D eigenvalue weighted by molar-refractivity contribution is 7.22. The zero-order valence-electron chi connectivity index (χ0n) is 17.5. The Kier molecular flexibility index (Phi) is 4.66. The Labute approximate surface area is 183 Å². The number of rotatable bonds is 4. The van der Waals surface area contributed by atoms with E-state index in [-0.39, 0.29) is 11.9 Å². The predicted octanol–water partition coefficient (Wildman–Crippen LogP) is 4.17. The number of methoxy groups -OCH3 is 1. The summed E-state index contributed by atoms with van der Waals surface area (Å²) in [4.78, 5) is 23.8. The highest BCUT2D eigenvalue weighted by atomic mass is 32.1. The number of aromatic nitrogens is 3. The van der Waals surface area contributed by atoms with Gasteiger partial charge in [-0.05, 0) is 42.5 Å². The molecule has 1 fully saturated rings. The molecule has 8 heteroatoms. The van der Waals surface area contributed by atoms with Gasteiger partial charge in [-0.25, -0.2) is 9.97 Å². The van der Waals surface area contributed by atoms with Crippen LogP contribution in [0.3, 0.4) is 0 Å². The van der Waals surface area contributed by atoms with Crippen LogP contribution in [0.2, 0.25) is 0 Å². The van der Waals surface area contributed by atoms with E-state index in [4.69, 9.17) is 10.5 Å². The maximum atomic E-state index is 12.1. The molecule has 1 amide bonds. The fourth-order valence-electron chi connectivity index (χ4n) is 4.42. The summed E-state index contributed by atoms with van der Waals surface area (Å²) < 4.78 is 8.86. The highest BCUT2D eigenvalue weighted by Crippen LogP contribution is 2.43. The maximum absolute atomic E-state index is 12.1. The zero-order valence-corrected chi connectivity index (χ0v) is 18.3. The Hall–Kier alpha value is -3.39. The van der Waals surface area contributed by atoms with Crippen LogP contribution in [0.5, 0.6) is 5.75 Å². The number of fused-ring (bicyclic) bond motifs is 2. The number of anilines is 1. The van der Waals surface area contributed by atoms with Crippen molar-refractivity contribution in [1.29, 1.82) is 0 Å². The number of hydrogen-bond acceptors (Lipinski definition) is 6. The Bertz CT molecular complexity index is 1340. The molecule has 0 spiro atoms. The molecule has 0 bridgehead atoms. The van der Waals surface area contributed by atoms with Gasteiger partial charge in [0.2, 0.25) is 5.91 Å². The number of nitrogen functional groups attached to an aromatic ring is 1. The summed E-state index contributed by atoms with van der Waals surface area (Å²) in [5.74, 6) is 1.28. The van der Waals surface area contributed by atoms with Gasteiger partial charge in [-0.15, -0.1) is 11.3 Å². The van der Waals surface area contributed by atoms with Crippen molar-refractivity contribution in [2.75, 3.05) is 25.9 Å². The molecule has 0 aliphatic carbocycles. The molecule has 31 heavy (non-hydrogen) atoms. The third-order valence-corrected chi connectivity index (χ3v) is 7.09. The first-order valence-electron chi connectivity index (χ1n) is 10.1. The van der Waals surface area contributed by atoms with E-state index in [0.717, 1.165) is 49.3 Å². The van der Waals surface area contributed by atoms with Crippen molar-refractivity contribution in [2.45, 2.75) is 19.4 Å². The average molecular weight is 434 g/mol. The molecule has 1 aromatic carbocycles. The molecule has 4 aromatic rings. The minimum absolute atomic E-state index is 0.0414. The topological polar surface area (TPSA) is 86.3 Å². The van der Waals surface area contributed by atoms with E-state index in [1.165, 1.54) is 12.4 Å². The monoisotopic (exact) mass is 433 g/mol. The molecule has 1 saturated heterocycles. The molecule has 5 rings (SSSR count). The Morgan fingerprint density at radius 2 is 2.19 bits per heavy atom. The van der Waals surface area contributed by atoms with Crippen LogP contribution in [-0.4, -0.2) is 45.5 Å². The largest absolute Gasteiger partial charge is 0.495 e. The van der Waals surface area contributed by atoms with E-state index in [2.05, 4.69) is 46.4 Å². The summed E-state index contributed by atoms with van der Waals surface area (Å²) in [6, 6.07) is 6.50. The van der Waals surface area contributed by atoms with Gasteiger partial charge in [-0.3, -0.25) is 4.79 Å². The summed E-state index contributed by atoms with van der Waals surface area (Å²) in [5.41, 5.74) is 9.26. The minimum Gasteiger partial charge on any atom is -0.495 e. The van der Waals surface area contributed by atoms with Crippen LogP contribution >= 0.6 is 11.3 Å². The molecule has 0 radical (unpaired) electrons. The molecule has 0 saturated carbocycles. The van der Waals surface area contributed by atoms with E-state index in [9.17, 15) is 4.79 Å². The first-order valence-corrected chi connectivity index (χ1v) is 10.9. The number of nitrogens with zero attached hydrogens (tertiary/aromatic N) is 4. The quantitative estimate of drug-likeness (QED) is 0.488. The Balaban J connectivity index is 1.66. The molecule has 1 atom stereocenters. The number of nitrogens with two attached hydrogens (primary N) is 1. The van der Waals surface area contributed by atoms with Crippen LogP contribution in [0, 0.1) is 6.92 Å². The second kappa shape index (κ2) is 7.39. The van der Waals surface area contributed by atoms with Gasteiger partial charge in [0, 0.05) is 29.7 Å². The standard InChI is InChI=1S/C23H23N5O2S/c1-4-19(29)27-6-5-15(10-27)28-11-16(20-22(24)25-12-26-23(20)28)18-9-14-7-13(2)8-17(30-3)21(14)31-18/h4,7-9,11-12,15H,1,5-6,10H2,2-3H3,(H2,24,25,26)/t15-/m0/s1. The van der Waals surface area contributed by atoms with Crippen LogP contribution < -0.4 is 10.5 Å². The van der Waals surface area contributed by atoms with E-state index >= 15 is 0 Å². The second-order valence-electron chi connectivity index (χ2n) is 7.83. The SMILES string of the molecule is C=CC(=O)N1CC[C@H](n2cc(-c3cc4cc(C)cc(OC)c4s3)c3c(N)ncnc32)C1. The summed E-state index contributed by atoms with van der Waals surface area (Å²) in [6.07, 6.45) is 5.82. The van der Waals surface area contributed by atoms with Gasteiger partial charge in [0.15, 0.2) is 0 Å². The number of ether oxygens (including phenoxy) is 1. The number of benzene rings is 1. The Morgan fingerprint density at radius 3 is 2.97 bits per heavy atom. The van der Waals surface area contributed by atoms with Crippen molar-refractivity contribution in [3.63, 3.8) is 0 Å². The highest BCUT2D eigenvalue weighted by Gasteiger charge is 2.29. The van der Waals surface area contributed by atoms with Gasteiger partial charge in [-0.2, -0.15) is 0 Å². The smallest absolute Gasteiger partial charge is 0.246 e. The van der Waals surface area contributed by atoms with Gasteiger partial charge in [-0.1, -0.05) is 12.6 Å². The average Bonchev–Trinajstić information content (AvgIpc) is 3.48. The molecular weight excluding hydrogens is 410 g/mol. The summed E-state index contributed by atoms with van der Waals surface area (Å²) in [5, 5.41) is 1.98. The molecule has 1 aliphatic rings. The van der Waals surface area contributed by atoms with E-state index in [1.807, 2.05) is 11.0 Å². The lowest BCUT2D eigenvalue weighted by atomic mass is 10.1. The first-order chi connectivity index (χ1) is 15.0. The number of thiophene rings is 1. The van der Waals surface area contributed by atoms with Gasteiger partial charge in [0.1, 0.15) is 23.5 Å². The van der Waals surface area contributed by atoms with Crippen molar-refractivity contribution in [1.82, 2.24) is 19.4 Å². The fraction of sp³-hybridized carbons (Fsp3) is 0.261. The van der Waals surface area contributed by atoms with Crippen molar-refractivity contribution in [2.24, 2.45) is 0 Å². The van der Waals surface area contributed by atoms with Crippen molar-refractivity contribution < 1.29 is 9.53 Å². The van der Waals surface area contributed by atoms with Crippen molar-refractivity contribution >= 4 is 44.2 Å². The zero-order chi connectivity index (χ0) is 21.7. The number of amides is 1. The summed E-state index contributed by atoms with van der Waals surface area (Å²) in [7, 11) is 1.70. The van der Waals surface area contributed by atoms with E-state index in [1.54, 1.807) is 18.4 Å². The van der Waals surface area contributed by atoms with Crippen LogP contribution in [0.25, 0.3) is 31.6 Å². The molecule has 0 unspecified atom stereocenters. The van der Waals surface area contributed by atoms with E-state index < -0.39 is 0 Å². The Morgan fingerprint density at radius 1 is 1.35 bits per heavy atom. The number of carbonyl (C=O) groups excluding carboxylic acids is 1. The van der Waals surface area contributed by atoms with Crippen LogP contribution in [0.4, 0.5) is 5.82 Å². The van der Waals surface area contributed by atoms with Crippen LogP contribution in [0.1, 0.15) is 18.0 Å². The summed E-state index contributed by atoms with van der Waals surface area (Å²) >= 11 is 1.67. The van der Waals surface area contributed by atoms with E-state index in [0.29, 0.717) is 18.9 Å². The van der Waals surface area contributed by atoms with Gasteiger partial charge >= 0.3 is 0 Å². The lowest BCUT2D eigenvalue weighted by Crippen LogP contribution is -2.27. The third kappa shape index (κ3) is 3.14. The molecule has 4 heterocycles. The van der Waals surface area contributed by atoms with Crippen molar-refractivity contribution in [3.8, 4) is 16.2 Å². The molecular formula is C23H23N5O2S. The molecule has 2 N–H and O–H groups in total. The normalized spacial score (nSPS) is 16.3. The van der Waals surface area contributed by atoms with Gasteiger partial charge in [0.05, 0.1) is 23.2 Å². The second-order valence-corrected chi connectivity index (χ2v) is 8.89. The third-order valence-electron chi connectivity index (χ3n) is 5.89. The number of carbonyl (C=O) groups is 1. The molecule has 1 aliphatic heterocycles. The van der Waals surface area contributed by atoms with Crippen LogP contribution in [0.15, 0.2) is 43.4 Å². The molecule has 158 valence electrons. The van der Waals surface area contributed by atoms with Gasteiger partial charge < -0.3 is 19.9 Å². The summed E-state index contributed by atoms with van der Waals surface area (Å²) in [6.45, 7) is 6.99. The molecule has 3 aromatic heterocycles. The van der Waals surface area contributed by atoms with Gasteiger partial charge in [0.25, 0.3) is 0 Å². The number of aryl methyl sites for hydroxylation is 1. The predicted molar refractivity (Wildman–Crippen MR) is 124 cm³/mol. The lowest BCUT2D eigenvalue weighted by molar-refractivity contribution is -0.125. The number of hydrogen-bond donors (Lipinski definition) is 1. The lowest BCUT2D eigenvalue weighted by Gasteiger charge is -2.15. The van der Waals surface area contributed by atoms with Crippen LogP contribution in [-0.2, 0) is 4.79 Å². The fourth-order valence-corrected chi connectivity index (χ4v) is 5.57. The minimum atomic E-state index is -0.0414.